The molecule has 2 fully saturated rings. The molecular weight excluding hydrogens is 495 g/mol. The van der Waals surface area contributed by atoms with Crippen molar-refractivity contribution in [1.29, 1.82) is 5.26 Å². The largest absolute Gasteiger partial charge is 0.323 e. The molecule has 0 spiro atoms. The number of amides is 3. The highest BCUT2D eigenvalue weighted by Crippen LogP contribution is 2.56. The molecule has 1 aliphatic heterocycles. The number of rotatable bonds is 5. The van der Waals surface area contributed by atoms with Gasteiger partial charge >= 0.3 is 6.03 Å². The molecule has 4 N–H and O–H groups in total. The number of nitrogens with two attached hydrogens (primary N) is 1. The van der Waals surface area contributed by atoms with E-state index in [1.807, 2.05) is 6.07 Å². The number of halogens is 2. The summed E-state index contributed by atoms with van der Waals surface area (Å²) in [5, 5.41) is 15.0. The summed E-state index contributed by atoms with van der Waals surface area (Å²) in [5.41, 5.74) is 8.15. The number of benzene rings is 2. The number of anilines is 2. The van der Waals surface area contributed by atoms with Crippen LogP contribution in [0.1, 0.15) is 41.9 Å². The van der Waals surface area contributed by atoms with E-state index in [0.29, 0.717) is 42.2 Å². The van der Waals surface area contributed by atoms with E-state index in [2.05, 4.69) is 21.7 Å². The van der Waals surface area contributed by atoms with Crippen LogP contribution in [0.5, 0.6) is 0 Å². The first-order valence-electron chi connectivity index (χ1n) is 11.9. The fourth-order valence-electron chi connectivity index (χ4n) is 4.88. The first-order chi connectivity index (χ1) is 17.8. The number of hydrogen-bond acceptors (Lipinski definition) is 5. The molecule has 2 heterocycles. The summed E-state index contributed by atoms with van der Waals surface area (Å²) < 4.78 is 14.7. The maximum Gasteiger partial charge on any atom is 0.323 e. The van der Waals surface area contributed by atoms with E-state index in [4.69, 9.17) is 17.3 Å². The predicted octanol–water partition coefficient (Wildman–Crippen LogP) is 4.72. The highest BCUT2D eigenvalue weighted by Gasteiger charge is 2.53. The van der Waals surface area contributed by atoms with E-state index in [1.54, 1.807) is 42.5 Å². The Morgan fingerprint density at radius 3 is 2.78 bits per heavy atom. The summed E-state index contributed by atoms with van der Waals surface area (Å²) in [6.45, 7) is 0.388. The number of carbonyl (C=O) groups is 2. The SMILES string of the molecule is N#Cc1cccc(C2(N)CC2c2ccc(F)c(NC(=O)[C@H]3CCCN3C(=O)Nc3ccc(Cl)cn3)c2)c1. The molecule has 1 saturated carbocycles. The number of likely N-dealkylation sites (tertiary alicyclic amines) is 1. The number of aromatic nitrogens is 1. The highest BCUT2D eigenvalue weighted by atomic mass is 35.5. The predicted molar refractivity (Wildman–Crippen MR) is 137 cm³/mol. The lowest BCUT2D eigenvalue weighted by atomic mass is 9.97. The Bertz CT molecular complexity index is 1410. The van der Waals surface area contributed by atoms with Gasteiger partial charge in [0.2, 0.25) is 5.91 Å². The summed E-state index contributed by atoms with van der Waals surface area (Å²) in [4.78, 5) is 31.4. The van der Waals surface area contributed by atoms with Gasteiger partial charge in [0.05, 0.1) is 22.3 Å². The van der Waals surface area contributed by atoms with E-state index >= 15 is 0 Å². The number of nitrogens with zero attached hydrogens (tertiary/aromatic N) is 3. The average molecular weight is 519 g/mol. The zero-order valence-corrected chi connectivity index (χ0v) is 20.5. The zero-order chi connectivity index (χ0) is 26.2. The van der Waals surface area contributed by atoms with Crippen LogP contribution < -0.4 is 16.4 Å². The van der Waals surface area contributed by atoms with Crippen molar-refractivity contribution in [3.05, 3.63) is 88.3 Å². The summed E-state index contributed by atoms with van der Waals surface area (Å²) in [6.07, 6.45) is 3.15. The topological polar surface area (TPSA) is 124 Å². The average Bonchev–Trinajstić information content (AvgIpc) is 3.35. The van der Waals surface area contributed by atoms with E-state index in [-0.39, 0.29) is 11.6 Å². The van der Waals surface area contributed by atoms with Crippen molar-refractivity contribution < 1.29 is 14.0 Å². The monoisotopic (exact) mass is 518 g/mol. The number of pyridine rings is 1. The van der Waals surface area contributed by atoms with Crippen LogP contribution in [-0.4, -0.2) is 34.4 Å². The van der Waals surface area contributed by atoms with Gasteiger partial charge in [-0.3, -0.25) is 10.1 Å². The maximum atomic E-state index is 14.7. The minimum Gasteiger partial charge on any atom is -0.322 e. The van der Waals surface area contributed by atoms with Gasteiger partial charge in [0.1, 0.15) is 17.7 Å². The molecule has 3 aromatic rings. The standard InChI is InChI=1S/C27H24ClFN6O2/c28-19-7-9-24(32-15-19)34-26(37)35-10-2-5-23(35)25(36)33-22-12-17(6-8-21(22)29)20-13-27(20,31)18-4-1-3-16(11-18)14-30/h1,3-4,6-9,11-12,15,20,23H,2,5,10,13,31H2,(H,33,36)(H,32,34,37)/t20?,23-,27?/m1/s1. The van der Waals surface area contributed by atoms with Crippen molar-refractivity contribution in [1.82, 2.24) is 9.88 Å². The fourth-order valence-corrected chi connectivity index (χ4v) is 4.99. The van der Waals surface area contributed by atoms with Crippen LogP contribution in [0.3, 0.4) is 0 Å². The summed E-state index contributed by atoms with van der Waals surface area (Å²) in [5.74, 6) is -0.817. The summed E-state index contributed by atoms with van der Waals surface area (Å²) >= 11 is 5.84. The number of carbonyl (C=O) groups excluding carboxylic acids is 2. The van der Waals surface area contributed by atoms with Gasteiger partial charge in [-0.25, -0.2) is 14.2 Å². The van der Waals surface area contributed by atoms with Gasteiger partial charge in [0.25, 0.3) is 0 Å². The van der Waals surface area contributed by atoms with Crippen molar-refractivity contribution in [2.75, 3.05) is 17.2 Å². The minimum atomic E-state index is -0.751. The van der Waals surface area contributed by atoms with Gasteiger partial charge < -0.3 is 16.0 Å². The van der Waals surface area contributed by atoms with Crippen LogP contribution >= 0.6 is 11.6 Å². The zero-order valence-electron chi connectivity index (χ0n) is 19.7. The molecule has 10 heteroatoms. The van der Waals surface area contributed by atoms with Gasteiger partial charge in [-0.2, -0.15) is 5.26 Å². The number of nitriles is 1. The van der Waals surface area contributed by atoms with Gasteiger partial charge in [-0.05, 0) is 66.8 Å². The van der Waals surface area contributed by atoms with E-state index in [0.717, 1.165) is 11.1 Å². The second-order valence-corrected chi connectivity index (χ2v) is 9.80. The van der Waals surface area contributed by atoms with Crippen molar-refractivity contribution in [3.63, 3.8) is 0 Å². The van der Waals surface area contributed by atoms with E-state index in [1.165, 1.54) is 17.2 Å². The molecular formula is C27H24ClFN6O2. The molecule has 188 valence electrons. The normalized spacial score (nSPS) is 22.3. The molecule has 2 unspecified atom stereocenters. The summed E-state index contributed by atoms with van der Waals surface area (Å²) in [6, 6.07) is 15.8. The molecule has 8 nitrogen and oxygen atoms in total. The molecule has 37 heavy (non-hydrogen) atoms. The Labute approximate surface area is 218 Å². The van der Waals surface area contributed by atoms with E-state index < -0.39 is 29.3 Å². The third-order valence-electron chi connectivity index (χ3n) is 6.96. The molecule has 1 aliphatic carbocycles. The van der Waals surface area contributed by atoms with Crippen molar-refractivity contribution >= 4 is 35.0 Å². The first kappa shape index (κ1) is 24.7. The van der Waals surface area contributed by atoms with Crippen LogP contribution in [0, 0.1) is 17.1 Å². The Kier molecular flexibility index (Phi) is 6.54. The van der Waals surface area contributed by atoms with Crippen LogP contribution in [0.15, 0.2) is 60.8 Å². The molecule has 3 amide bonds. The molecule has 5 rings (SSSR count). The molecule has 2 aliphatic rings. The number of nitrogens with one attached hydrogen (secondary N) is 2. The number of urea groups is 1. The second kappa shape index (κ2) is 9.81. The fraction of sp³-hybridized carbons (Fsp3) is 0.259. The van der Waals surface area contributed by atoms with Crippen LogP contribution in [0.4, 0.5) is 20.7 Å². The lowest BCUT2D eigenvalue weighted by Crippen LogP contribution is -2.45. The third kappa shape index (κ3) is 4.99. The van der Waals surface area contributed by atoms with Gasteiger partial charge in [-0.1, -0.05) is 29.8 Å². The molecule has 2 aromatic carbocycles. The highest BCUT2D eigenvalue weighted by molar-refractivity contribution is 6.30. The quantitative estimate of drug-likeness (QED) is 0.450. The van der Waals surface area contributed by atoms with Crippen LogP contribution in [-0.2, 0) is 10.3 Å². The molecule has 1 aromatic heterocycles. The smallest absolute Gasteiger partial charge is 0.322 e. The maximum absolute atomic E-state index is 14.7. The first-order valence-corrected chi connectivity index (χ1v) is 12.3. The lowest BCUT2D eigenvalue weighted by Gasteiger charge is -2.24. The Balaban J connectivity index is 1.29. The lowest BCUT2D eigenvalue weighted by molar-refractivity contribution is -0.119. The van der Waals surface area contributed by atoms with Gasteiger partial charge in [-0.15, -0.1) is 0 Å². The van der Waals surface area contributed by atoms with Gasteiger partial charge in [0.15, 0.2) is 0 Å². The third-order valence-corrected chi connectivity index (χ3v) is 7.19. The Morgan fingerprint density at radius 1 is 1.19 bits per heavy atom. The van der Waals surface area contributed by atoms with Gasteiger partial charge in [0, 0.05) is 24.2 Å². The second-order valence-electron chi connectivity index (χ2n) is 9.36. The number of hydrogen-bond donors (Lipinski definition) is 3. The minimum absolute atomic E-state index is 0.0363. The molecule has 0 bridgehead atoms. The van der Waals surface area contributed by atoms with Crippen LogP contribution in [0.25, 0.3) is 0 Å². The van der Waals surface area contributed by atoms with Crippen LogP contribution in [0.2, 0.25) is 5.02 Å². The molecule has 0 radical (unpaired) electrons. The molecule has 1 saturated heterocycles. The van der Waals surface area contributed by atoms with E-state index in [9.17, 15) is 19.2 Å². The summed E-state index contributed by atoms with van der Waals surface area (Å²) in [7, 11) is 0. The molecule has 3 atom stereocenters. The van der Waals surface area contributed by atoms with Crippen molar-refractivity contribution in [3.8, 4) is 6.07 Å². The Hall–Kier alpha value is -4.00. The Morgan fingerprint density at radius 2 is 2.03 bits per heavy atom. The van der Waals surface area contributed by atoms with Crippen molar-refractivity contribution in [2.45, 2.75) is 36.8 Å². The van der Waals surface area contributed by atoms with Crippen molar-refractivity contribution in [2.24, 2.45) is 5.73 Å².